The third kappa shape index (κ3) is 1.43. The van der Waals surface area contributed by atoms with Gasteiger partial charge >= 0.3 is 5.69 Å². The van der Waals surface area contributed by atoms with Crippen molar-refractivity contribution in [2.45, 2.75) is 19.1 Å². The highest BCUT2D eigenvalue weighted by Gasteiger charge is 2.22. The second-order valence-electron chi connectivity index (χ2n) is 3.90. The zero-order valence-electron chi connectivity index (χ0n) is 8.57. The number of halogens is 1. The van der Waals surface area contributed by atoms with Crippen LogP contribution in [0.1, 0.15) is 19.1 Å². The fourth-order valence-corrected chi connectivity index (χ4v) is 2.73. The first-order valence-electron chi connectivity index (χ1n) is 5.28. The Morgan fingerprint density at radius 3 is 3.12 bits per heavy atom. The Bertz CT molecular complexity index is 581. The van der Waals surface area contributed by atoms with E-state index in [1.165, 1.54) is 0 Å². The van der Waals surface area contributed by atoms with Gasteiger partial charge in [0.05, 0.1) is 11.0 Å². The number of aromatic amines is 1. The van der Waals surface area contributed by atoms with E-state index in [2.05, 4.69) is 20.9 Å². The molecule has 3 rings (SSSR count). The summed E-state index contributed by atoms with van der Waals surface area (Å²) in [7, 11) is 0. The number of fused-ring (bicyclic) bond motifs is 1. The molecule has 16 heavy (non-hydrogen) atoms. The van der Waals surface area contributed by atoms with Gasteiger partial charge in [-0.05, 0) is 40.9 Å². The first kappa shape index (κ1) is 10.1. The average Bonchev–Trinajstić information content (AvgIpc) is 2.84. The lowest BCUT2D eigenvalue weighted by atomic mass is 10.3. The first-order chi connectivity index (χ1) is 7.77. The highest BCUT2D eigenvalue weighted by molar-refractivity contribution is 9.10. The molecular formula is C11H11BrN2O2. The van der Waals surface area contributed by atoms with E-state index in [4.69, 9.17) is 4.74 Å². The fraction of sp³-hybridized carbons (Fsp3) is 0.364. The number of hydrogen-bond acceptors (Lipinski definition) is 2. The van der Waals surface area contributed by atoms with Crippen molar-refractivity contribution in [3.05, 3.63) is 33.2 Å². The van der Waals surface area contributed by atoms with Crippen LogP contribution in [-0.4, -0.2) is 16.2 Å². The molecule has 4 nitrogen and oxygen atoms in total. The standard InChI is InChI=1S/C11H11BrN2O2/c12-7-3-1-4-8-10(7)14(11(15)13-8)9-5-2-6-16-9/h1,3-4,9H,2,5-6H2,(H,13,15). The van der Waals surface area contributed by atoms with Gasteiger partial charge in [-0.1, -0.05) is 6.07 Å². The lowest BCUT2D eigenvalue weighted by molar-refractivity contribution is 0.0572. The highest BCUT2D eigenvalue weighted by Crippen LogP contribution is 2.28. The molecule has 84 valence electrons. The summed E-state index contributed by atoms with van der Waals surface area (Å²) in [6.07, 6.45) is 1.78. The van der Waals surface area contributed by atoms with Crippen LogP contribution in [0.15, 0.2) is 27.5 Å². The Labute approximate surface area is 100 Å². The van der Waals surface area contributed by atoms with Gasteiger partial charge in [0.15, 0.2) is 0 Å². The molecule has 0 saturated carbocycles. The zero-order chi connectivity index (χ0) is 11.1. The number of benzene rings is 1. The molecule has 0 bridgehead atoms. The van der Waals surface area contributed by atoms with Gasteiger partial charge in [-0.25, -0.2) is 4.79 Å². The topological polar surface area (TPSA) is 47.0 Å². The molecular weight excluding hydrogens is 272 g/mol. The molecule has 0 aliphatic carbocycles. The van der Waals surface area contributed by atoms with E-state index in [0.29, 0.717) is 0 Å². The Hall–Kier alpha value is -1.07. The maximum atomic E-state index is 11.9. The summed E-state index contributed by atoms with van der Waals surface area (Å²) in [5, 5.41) is 0. The Morgan fingerprint density at radius 1 is 1.50 bits per heavy atom. The fourth-order valence-electron chi connectivity index (χ4n) is 2.18. The molecule has 1 aromatic heterocycles. The largest absolute Gasteiger partial charge is 0.358 e. The SMILES string of the molecule is O=c1[nH]c2cccc(Br)c2n1C1CCCO1. The molecule has 1 aliphatic heterocycles. The van der Waals surface area contributed by atoms with E-state index in [0.717, 1.165) is 35.0 Å². The van der Waals surface area contributed by atoms with Gasteiger partial charge in [-0.15, -0.1) is 0 Å². The number of nitrogens with zero attached hydrogens (tertiary/aromatic N) is 1. The molecule has 0 radical (unpaired) electrons. The number of hydrogen-bond donors (Lipinski definition) is 1. The monoisotopic (exact) mass is 282 g/mol. The van der Waals surface area contributed by atoms with Crippen molar-refractivity contribution in [1.82, 2.24) is 9.55 Å². The number of nitrogens with one attached hydrogen (secondary N) is 1. The molecule has 0 spiro atoms. The summed E-state index contributed by atoms with van der Waals surface area (Å²) < 4.78 is 8.18. The number of H-pyrrole nitrogens is 1. The van der Waals surface area contributed by atoms with Crippen LogP contribution < -0.4 is 5.69 Å². The second kappa shape index (κ2) is 3.75. The van der Waals surface area contributed by atoms with Crippen LogP contribution in [0.4, 0.5) is 0 Å². The Kier molecular flexibility index (Phi) is 2.37. The van der Waals surface area contributed by atoms with Gasteiger partial charge in [-0.2, -0.15) is 0 Å². The van der Waals surface area contributed by atoms with Crippen LogP contribution in [0.5, 0.6) is 0 Å². The number of aromatic nitrogens is 2. The summed E-state index contributed by atoms with van der Waals surface area (Å²) in [5.41, 5.74) is 1.63. The third-order valence-electron chi connectivity index (χ3n) is 2.88. The quantitative estimate of drug-likeness (QED) is 0.873. The maximum Gasteiger partial charge on any atom is 0.328 e. The normalized spacial score (nSPS) is 20.7. The summed E-state index contributed by atoms with van der Waals surface area (Å²) in [4.78, 5) is 14.7. The molecule has 1 aromatic carbocycles. The van der Waals surface area contributed by atoms with Crippen LogP contribution in [-0.2, 0) is 4.74 Å². The van der Waals surface area contributed by atoms with Gasteiger partial charge < -0.3 is 9.72 Å². The van der Waals surface area contributed by atoms with E-state index in [1.807, 2.05) is 18.2 Å². The highest BCUT2D eigenvalue weighted by atomic mass is 79.9. The number of rotatable bonds is 1. The predicted octanol–water partition coefficient (Wildman–Crippen LogP) is 2.40. The Morgan fingerprint density at radius 2 is 2.38 bits per heavy atom. The van der Waals surface area contributed by atoms with Crippen LogP contribution in [0.25, 0.3) is 11.0 Å². The number of imidazole rings is 1. The van der Waals surface area contributed by atoms with Crippen molar-refractivity contribution in [2.24, 2.45) is 0 Å². The molecule has 2 aromatic rings. The summed E-state index contributed by atoms with van der Waals surface area (Å²) in [6, 6.07) is 5.73. The minimum absolute atomic E-state index is 0.103. The molecule has 0 amide bonds. The molecule has 1 N–H and O–H groups in total. The molecule has 1 unspecified atom stereocenters. The van der Waals surface area contributed by atoms with Gasteiger partial charge in [0, 0.05) is 11.1 Å². The van der Waals surface area contributed by atoms with Crippen molar-refractivity contribution in [1.29, 1.82) is 0 Å². The van der Waals surface area contributed by atoms with Gasteiger partial charge in [0.1, 0.15) is 6.23 Å². The first-order valence-corrected chi connectivity index (χ1v) is 6.07. The lowest BCUT2D eigenvalue weighted by Crippen LogP contribution is -2.21. The predicted molar refractivity (Wildman–Crippen MR) is 64.5 cm³/mol. The van der Waals surface area contributed by atoms with Crippen molar-refractivity contribution >= 4 is 27.0 Å². The summed E-state index contributed by atoms with van der Waals surface area (Å²) in [6.45, 7) is 0.730. The molecule has 1 aliphatic rings. The van der Waals surface area contributed by atoms with E-state index in [-0.39, 0.29) is 11.9 Å². The van der Waals surface area contributed by atoms with Crippen LogP contribution in [0.2, 0.25) is 0 Å². The van der Waals surface area contributed by atoms with E-state index < -0.39 is 0 Å². The lowest BCUT2D eigenvalue weighted by Gasteiger charge is -2.11. The second-order valence-corrected chi connectivity index (χ2v) is 4.76. The smallest absolute Gasteiger partial charge is 0.328 e. The van der Waals surface area contributed by atoms with Crippen LogP contribution in [0, 0.1) is 0 Å². The van der Waals surface area contributed by atoms with Gasteiger partial charge in [-0.3, -0.25) is 4.57 Å². The van der Waals surface area contributed by atoms with Crippen molar-refractivity contribution in [3.8, 4) is 0 Å². The maximum absolute atomic E-state index is 11.9. The minimum atomic E-state index is -0.125. The van der Waals surface area contributed by atoms with Crippen molar-refractivity contribution in [3.63, 3.8) is 0 Å². The van der Waals surface area contributed by atoms with Gasteiger partial charge in [0.25, 0.3) is 0 Å². The summed E-state index contributed by atoms with van der Waals surface area (Å²) >= 11 is 3.47. The van der Waals surface area contributed by atoms with Crippen LogP contribution >= 0.6 is 15.9 Å². The molecule has 1 saturated heterocycles. The minimum Gasteiger partial charge on any atom is -0.358 e. The van der Waals surface area contributed by atoms with E-state index in [1.54, 1.807) is 4.57 Å². The van der Waals surface area contributed by atoms with E-state index in [9.17, 15) is 4.79 Å². The number of para-hydroxylation sites is 1. The molecule has 1 atom stereocenters. The average molecular weight is 283 g/mol. The van der Waals surface area contributed by atoms with Crippen molar-refractivity contribution < 1.29 is 4.74 Å². The van der Waals surface area contributed by atoms with Gasteiger partial charge in [0.2, 0.25) is 0 Å². The zero-order valence-corrected chi connectivity index (χ0v) is 10.2. The molecule has 2 heterocycles. The summed E-state index contributed by atoms with van der Waals surface area (Å²) in [5.74, 6) is 0. The van der Waals surface area contributed by atoms with Crippen LogP contribution in [0.3, 0.4) is 0 Å². The third-order valence-corrected chi connectivity index (χ3v) is 3.52. The van der Waals surface area contributed by atoms with Crippen molar-refractivity contribution in [2.75, 3.05) is 6.61 Å². The Balaban J connectivity index is 2.29. The molecule has 1 fully saturated rings. The molecule has 5 heteroatoms. The van der Waals surface area contributed by atoms with E-state index >= 15 is 0 Å². The number of ether oxygens (including phenoxy) is 1.